The number of aryl methyl sites for hydroxylation is 1. The van der Waals surface area contributed by atoms with Crippen molar-refractivity contribution in [2.75, 3.05) is 0 Å². The average Bonchev–Trinajstić information content (AvgIpc) is 3.02. The van der Waals surface area contributed by atoms with E-state index >= 15 is 0 Å². The SMILES string of the molecule is Cc1cc(Br)cc2c([S@@](=O)c3ccccc3)c(-c3ccc(F)cc3)oc12. The molecule has 2 nitrogen and oxygen atoms in total. The molecule has 0 saturated carbocycles. The summed E-state index contributed by atoms with van der Waals surface area (Å²) >= 11 is 3.51. The molecule has 0 radical (unpaired) electrons. The lowest BCUT2D eigenvalue weighted by atomic mass is 10.1. The molecule has 3 aromatic carbocycles. The lowest BCUT2D eigenvalue weighted by Gasteiger charge is -2.04. The van der Waals surface area contributed by atoms with Crippen LogP contribution in [0.2, 0.25) is 0 Å². The number of hydrogen-bond donors (Lipinski definition) is 0. The van der Waals surface area contributed by atoms with Crippen LogP contribution in [0.3, 0.4) is 0 Å². The van der Waals surface area contributed by atoms with Crippen molar-refractivity contribution in [3.05, 3.63) is 82.6 Å². The number of hydrogen-bond acceptors (Lipinski definition) is 2. The fourth-order valence-electron chi connectivity index (χ4n) is 2.94. The molecule has 4 aromatic rings. The largest absolute Gasteiger partial charge is 0.454 e. The second kappa shape index (κ2) is 6.82. The minimum absolute atomic E-state index is 0.325. The fraction of sp³-hybridized carbons (Fsp3) is 0.0476. The van der Waals surface area contributed by atoms with Crippen molar-refractivity contribution in [2.24, 2.45) is 0 Å². The van der Waals surface area contributed by atoms with Crippen molar-refractivity contribution < 1.29 is 13.0 Å². The fourth-order valence-corrected chi connectivity index (χ4v) is 4.83. The third kappa shape index (κ3) is 3.02. The predicted molar refractivity (Wildman–Crippen MR) is 105 cm³/mol. The maximum Gasteiger partial charge on any atom is 0.151 e. The summed E-state index contributed by atoms with van der Waals surface area (Å²) in [5.74, 6) is 0.179. The van der Waals surface area contributed by atoms with Crippen molar-refractivity contribution in [3.63, 3.8) is 0 Å². The zero-order chi connectivity index (χ0) is 18.3. The van der Waals surface area contributed by atoms with Gasteiger partial charge in [-0.1, -0.05) is 34.1 Å². The smallest absolute Gasteiger partial charge is 0.151 e. The van der Waals surface area contributed by atoms with Crippen molar-refractivity contribution in [3.8, 4) is 11.3 Å². The van der Waals surface area contributed by atoms with Crippen LogP contribution < -0.4 is 0 Å². The van der Waals surface area contributed by atoms with Gasteiger partial charge in [0.2, 0.25) is 0 Å². The molecule has 0 spiro atoms. The Balaban J connectivity index is 2.03. The first-order valence-electron chi connectivity index (χ1n) is 8.00. The summed E-state index contributed by atoms with van der Waals surface area (Å²) in [7, 11) is -1.43. The molecule has 0 aliphatic heterocycles. The maximum atomic E-state index is 13.4. The van der Waals surface area contributed by atoms with E-state index in [-0.39, 0.29) is 5.82 Å². The quantitative estimate of drug-likeness (QED) is 0.373. The maximum absolute atomic E-state index is 13.4. The standard InChI is InChI=1S/C21H14BrFO2S/c1-13-11-15(22)12-18-19(13)25-20(14-7-9-16(23)10-8-14)21(18)26(24)17-5-3-2-4-6-17/h2-12H,1H3/t26-/m0/s1. The number of benzene rings is 3. The molecule has 1 aromatic heterocycles. The molecule has 0 fully saturated rings. The van der Waals surface area contributed by atoms with Crippen molar-refractivity contribution in [1.29, 1.82) is 0 Å². The zero-order valence-corrected chi connectivity index (χ0v) is 16.2. The van der Waals surface area contributed by atoms with E-state index in [1.165, 1.54) is 12.1 Å². The van der Waals surface area contributed by atoms with Gasteiger partial charge in [-0.2, -0.15) is 0 Å². The summed E-state index contributed by atoms with van der Waals surface area (Å²) in [5, 5.41) is 0.790. The summed E-state index contributed by atoms with van der Waals surface area (Å²) in [4.78, 5) is 1.29. The highest BCUT2D eigenvalue weighted by Gasteiger charge is 2.23. The summed E-state index contributed by atoms with van der Waals surface area (Å²) in [5.41, 5.74) is 2.32. The van der Waals surface area contributed by atoms with Gasteiger partial charge in [-0.3, -0.25) is 0 Å². The minimum atomic E-state index is -1.43. The molecule has 4 rings (SSSR count). The van der Waals surface area contributed by atoms with Gasteiger partial charge in [0.15, 0.2) is 5.76 Å². The molecule has 0 N–H and O–H groups in total. The van der Waals surface area contributed by atoms with Crippen molar-refractivity contribution in [1.82, 2.24) is 0 Å². The molecule has 0 bridgehead atoms. The lowest BCUT2D eigenvalue weighted by molar-refractivity contribution is 0.616. The van der Waals surface area contributed by atoms with E-state index in [0.717, 1.165) is 15.4 Å². The van der Waals surface area contributed by atoms with E-state index in [4.69, 9.17) is 4.42 Å². The Hall–Kier alpha value is -2.24. The monoisotopic (exact) mass is 428 g/mol. The highest BCUT2D eigenvalue weighted by molar-refractivity contribution is 9.10. The van der Waals surface area contributed by atoms with Gasteiger partial charge in [-0.05, 0) is 61.0 Å². The van der Waals surface area contributed by atoms with Gasteiger partial charge in [0.25, 0.3) is 0 Å². The molecular formula is C21H14BrFO2S. The van der Waals surface area contributed by atoms with Crippen LogP contribution in [0.25, 0.3) is 22.3 Å². The first-order chi connectivity index (χ1) is 12.5. The topological polar surface area (TPSA) is 30.2 Å². The molecule has 130 valence electrons. The molecule has 0 unspecified atom stereocenters. The van der Waals surface area contributed by atoms with Gasteiger partial charge in [0, 0.05) is 20.3 Å². The Labute approximate surface area is 161 Å². The Morgan fingerprint density at radius 1 is 1.00 bits per heavy atom. The van der Waals surface area contributed by atoms with Crippen molar-refractivity contribution >= 4 is 37.7 Å². The molecule has 1 atom stereocenters. The summed E-state index contributed by atoms with van der Waals surface area (Å²) in [6.07, 6.45) is 0. The van der Waals surface area contributed by atoms with Crippen LogP contribution in [0, 0.1) is 12.7 Å². The molecular weight excluding hydrogens is 415 g/mol. The molecule has 0 amide bonds. The van der Waals surface area contributed by atoms with Crippen LogP contribution in [0.4, 0.5) is 4.39 Å². The summed E-state index contributed by atoms with van der Waals surface area (Å²) in [6.45, 7) is 1.94. The Morgan fingerprint density at radius 2 is 1.69 bits per heavy atom. The molecule has 0 aliphatic carbocycles. The first-order valence-corrected chi connectivity index (χ1v) is 9.94. The summed E-state index contributed by atoms with van der Waals surface area (Å²) < 4.78 is 33.7. The van der Waals surface area contributed by atoms with Gasteiger partial charge in [0.1, 0.15) is 11.4 Å². The Kier molecular flexibility index (Phi) is 4.51. The normalized spacial score (nSPS) is 12.4. The predicted octanol–water partition coefficient (Wildman–Crippen LogP) is 6.48. The van der Waals surface area contributed by atoms with E-state index in [1.807, 2.05) is 49.4 Å². The van der Waals surface area contributed by atoms with Crippen LogP contribution in [-0.2, 0) is 10.8 Å². The molecule has 1 heterocycles. The van der Waals surface area contributed by atoms with E-state index in [2.05, 4.69) is 15.9 Å². The van der Waals surface area contributed by atoms with E-state index in [9.17, 15) is 8.60 Å². The Morgan fingerprint density at radius 3 is 2.38 bits per heavy atom. The third-order valence-electron chi connectivity index (χ3n) is 4.14. The van der Waals surface area contributed by atoms with Crippen molar-refractivity contribution in [2.45, 2.75) is 16.7 Å². The second-order valence-electron chi connectivity index (χ2n) is 5.95. The van der Waals surface area contributed by atoms with Gasteiger partial charge >= 0.3 is 0 Å². The van der Waals surface area contributed by atoms with Gasteiger partial charge in [-0.25, -0.2) is 8.60 Å². The molecule has 26 heavy (non-hydrogen) atoms. The van der Waals surface area contributed by atoms with Crippen LogP contribution in [-0.4, -0.2) is 4.21 Å². The number of rotatable bonds is 3. The zero-order valence-electron chi connectivity index (χ0n) is 13.8. The molecule has 5 heteroatoms. The van der Waals surface area contributed by atoms with Crippen LogP contribution >= 0.6 is 15.9 Å². The highest BCUT2D eigenvalue weighted by Crippen LogP contribution is 2.40. The van der Waals surface area contributed by atoms with Crippen LogP contribution in [0.5, 0.6) is 0 Å². The molecule has 0 aliphatic rings. The first kappa shape index (κ1) is 17.2. The van der Waals surface area contributed by atoms with Crippen LogP contribution in [0.15, 0.2) is 85.4 Å². The minimum Gasteiger partial charge on any atom is -0.454 e. The van der Waals surface area contributed by atoms with Gasteiger partial charge < -0.3 is 4.42 Å². The van der Waals surface area contributed by atoms with E-state index in [0.29, 0.717) is 26.7 Å². The number of furan rings is 1. The van der Waals surface area contributed by atoms with Gasteiger partial charge in [0.05, 0.1) is 15.7 Å². The van der Waals surface area contributed by atoms with Crippen LogP contribution in [0.1, 0.15) is 5.56 Å². The average molecular weight is 429 g/mol. The number of halogens is 2. The lowest BCUT2D eigenvalue weighted by Crippen LogP contribution is -1.94. The van der Waals surface area contributed by atoms with E-state index in [1.54, 1.807) is 12.1 Å². The molecule has 0 saturated heterocycles. The number of fused-ring (bicyclic) bond motifs is 1. The third-order valence-corrected chi connectivity index (χ3v) is 6.08. The van der Waals surface area contributed by atoms with E-state index < -0.39 is 10.8 Å². The summed E-state index contributed by atoms with van der Waals surface area (Å²) in [6, 6.07) is 19.2. The van der Waals surface area contributed by atoms with Gasteiger partial charge in [-0.15, -0.1) is 0 Å². The highest BCUT2D eigenvalue weighted by atomic mass is 79.9. The Bertz CT molecular complexity index is 1120. The second-order valence-corrected chi connectivity index (χ2v) is 8.28.